The maximum atomic E-state index is 13.0. The molecule has 0 radical (unpaired) electrons. The Hall–Kier alpha value is -3.29. The van der Waals surface area contributed by atoms with Crippen molar-refractivity contribution in [1.29, 1.82) is 0 Å². The molecule has 0 atom stereocenters. The van der Waals surface area contributed by atoms with Crippen molar-refractivity contribution in [3.63, 3.8) is 0 Å². The summed E-state index contributed by atoms with van der Waals surface area (Å²) >= 11 is 1.55. The predicted molar refractivity (Wildman–Crippen MR) is 123 cm³/mol. The molecule has 0 unspecified atom stereocenters. The van der Waals surface area contributed by atoms with Gasteiger partial charge in [-0.2, -0.15) is 0 Å². The predicted octanol–water partition coefficient (Wildman–Crippen LogP) is 4.29. The Kier molecular flexibility index (Phi) is 5.36. The lowest BCUT2D eigenvalue weighted by atomic mass is 10.0. The lowest BCUT2D eigenvalue weighted by Crippen LogP contribution is -2.23. The number of fused-ring (bicyclic) bond motifs is 1. The minimum Gasteiger partial charge on any atom is -0.302 e. The number of nitrogens with zero attached hydrogens (tertiary/aromatic N) is 5. The highest BCUT2D eigenvalue weighted by Crippen LogP contribution is 2.25. The number of thiazole rings is 1. The largest absolute Gasteiger partial charge is 0.302 e. The topological polar surface area (TPSA) is 71.9 Å². The Morgan fingerprint density at radius 1 is 1.06 bits per heavy atom. The molecule has 0 saturated heterocycles. The summed E-state index contributed by atoms with van der Waals surface area (Å²) in [5, 5.41) is 1.97. The van der Waals surface area contributed by atoms with E-state index in [-0.39, 0.29) is 12.2 Å². The maximum absolute atomic E-state index is 13.0. The van der Waals surface area contributed by atoms with E-state index in [1.807, 2.05) is 30.6 Å². The standard InChI is InChI=1S/C24H21N5OS/c1-29-6-3-16(4-7-29)21-9-17(2-5-26-21)23(30)11-20-8-18-10-22(24-14-25-15-31-24)28-13-19(18)12-27-20/h2-3,5,8-10,12-15H,4,6-7,11H2,1H3. The number of Topliss-reactive ketones (excluding diaryl/α,β-unsaturated/α-hetero) is 1. The van der Waals surface area contributed by atoms with Gasteiger partial charge in [0.1, 0.15) is 0 Å². The summed E-state index contributed by atoms with van der Waals surface area (Å²) in [7, 11) is 2.10. The van der Waals surface area contributed by atoms with Crippen LogP contribution in [-0.2, 0) is 6.42 Å². The van der Waals surface area contributed by atoms with Crippen LogP contribution in [0.4, 0.5) is 0 Å². The van der Waals surface area contributed by atoms with Crippen LogP contribution >= 0.6 is 11.3 Å². The van der Waals surface area contributed by atoms with Gasteiger partial charge in [0.05, 0.1) is 28.2 Å². The molecule has 7 heteroatoms. The van der Waals surface area contributed by atoms with Crippen LogP contribution in [0, 0.1) is 0 Å². The SMILES string of the molecule is CN1CC=C(c2cc(C(=O)Cc3cc4cc(-c5cncs5)ncc4cn3)ccn2)CC1. The lowest BCUT2D eigenvalue weighted by Gasteiger charge is -2.21. The molecule has 0 amide bonds. The third-order valence-corrected chi connectivity index (χ3v) is 6.31. The van der Waals surface area contributed by atoms with Crippen molar-refractivity contribution in [2.75, 3.05) is 20.1 Å². The summed E-state index contributed by atoms with van der Waals surface area (Å²) in [6.45, 7) is 1.92. The van der Waals surface area contributed by atoms with Gasteiger partial charge in [-0.25, -0.2) is 0 Å². The first kappa shape index (κ1) is 19.7. The quantitative estimate of drug-likeness (QED) is 0.443. The number of rotatable bonds is 5. The molecule has 1 aliphatic heterocycles. The first-order chi connectivity index (χ1) is 15.2. The van der Waals surface area contributed by atoms with Crippen molar-refractivity contribution in [3.8, 4) is 10.6 Å². The zero-order chi connectivity index (χ0) is 21.2. The molecule has 4 aromatic rings. The molecule has 0 aliphatic carbocycles. The van der Waals surface area contributed by atoms with Crippen LogP contribution in [0.25, 0.3) is 26.9 Å². The highest BCUT2D eigenvalue weighted by Gasteiger charge is 2.14. The average molecular weight is 428 g/mol. The summed E-state index contributed by atoms with van der Waals surface area (Å²) in [5.74, 6) is 0.0424. The van der Waals surface area contributed by atoms with E-state index in [0.29, 0.717) is 5.56 Å². The molecule has 0 bridgehead atoms. The van der Waals surface area contributed by atoms with Gasteiger partial charge in [0, 0.05) is 54.5 Å². The molecular formula is C24H21N5OS. The van der Waals surface area contributed by atoms with Crippen LogP contribution in [0.1, 0.15) is 28.2 Å². The summed E-state index contributed by atoms with van der Waals surface area (Å²) in [4.78, 5) is 33.8. The first-order valence-electron chi connectivity index (χ1n) is 10.2. The Balaban J connectivity index is 1.38. The monoisotopic (exact) mass is 427 g/mol. The molecule has 1 aliphatic rings. The fourth-order valence-corrected chi connectivity index (χ4v) is 4.30. The smallest absolute Gasteiger partial charge is 0.168 e. The maximum Gasteiger partial charge on any atom is 0.168 e. The van der Waals surface area contributed by atoms with E-state index < -0.39 is 0 Å². The first-order valence-corrected chi connectivity index (χ1v) is 11.0. The second-order valence-corrected chi connectivity index (χ2v) is 8.62. The summed E-state index contributed by atoms with van der Waals surface area (Å²) in [6, 6.07) is 7.69. The molecule has 0 fully saturated rings. The Morgan fingerprint density at radius 2 is 1.97 bits per heavy atom. The molecule has 154 valence electrons. The number of carbonyl (C=O) groups is 1. The van der Waals surface area contributed by atoms with Crippen LogP contribution in [0.15, 0.2) is 60.6 Å². The summed E-state index contributed by atoms with van der Waals surface area (Å²) in [6.07, 6.45) is 10.5. The fraction of sp³-hybridized carbons (Fsp3) is 0.208. The van der Waals surface area contributed by atoms with Gasteiger partial charge in [0.25, 0.3) is 0 Å². The van der Waals surface area contributed by atoms with Crippen LogP contribution in [-0.4, -0.2) is 50.8 Å². The van der Waals surface area contributed by atoms with Gasteiger partial charge < -0.3 is 4.90 Å². The minimum atomic E-state index is 0.0424. The van der Waals surface area contributed by atoms with Gasteiger partial charge >= 0.3 is 0 Å². The van der Waals surface area contributed by atoms with Crippen LogP contribution in [0.3, 0.4) is 0 Å². The molecule has 0 aromatic carbocycles. The van der Waals surface area contributed by atoms with Gasteiger partial charge in [-0.3, -0.25) is 24.7 Å². The van der Waals surface area contributed by atoms with E-state index >= 15 is 0 Å². The third-order valence-electron chi connectivity index (χ3n) is 5.51. The third kappa shape index (κ3) is 4.28. The van der Waals surface area contributed by atoms with Crippen molar-refractivity contribution >= 4 is 33.5 Å². The van der Waals surface area contributed by atoms with E-state index in [4.69, 9.17) is 0 Å². The van der Waals surface area contributed by atoms with E-state index in [1.54, 1.807) is 35.3 Å². The van der Waals surface area contributed by atoms with Crippen molar-refractivity contribution in [2.24, 2.45) is 0 Å². The number of ketones is 1. The van der Waals surface area contributed by atoms with E-state index in [2.05, 4.69) is 38.0 Å². The van der Waals surface area contributed by atoms with Crippen molar-refractivity contribution in [1.82, 2.24) is 24.8 Å². The normalized spacial score (nSPS) is 14.5. The second kappa shape index (κ2) is 8.45. The fourth-order valence-electron chi connectivity index (χ4n) is 3.71. The number of pyridine rings is 3. The molecule has 0 saturated carbocycles. The van der Waals surface area contributed by atoms with Gasteiger partial charge in [0.15, 0.2) is 5.78 Å². The Morgan fingerprint density at radius 3 is 2.77 bits per heavy atom. The van der Waals surface area contributed by atoms with Crippen LogP contribution in [0.2, 0.25) is 0 Å². The highest BCUT2D eigenvalue weighted by molar-refractivity contribution is 7.13. The number of hydrogen-bond donors (Lipinski definition) is 0. The number of carbonyl (C=O) groups excluding carboxylic acids is 1. The molecule has 5 rings (SSSR count). The summed E-state index contributed by atoms with van der Waals surface area (Å²) < 4.78 is 0. The summed E-state index contributed by atoms with van der Waals surface area (Å²) in [5.41, 5.74) is 6.19. The van der Waals surface area contributed by atoms with Crippen molar-refractivity contribution in [3.05, 3.63) is 77.6 Å². The Labute approximate surface area is 184 Å². The number of likely N-dealkylation sites (N-methyl/N-ethyl adjacent to an activating group) is 1. The van der Waals surface area contributed by atoms with Gasteiger partial charge in [-0.05, 0) is 48.7 Å². The molecule has 5 heterocycles. The molecule has 6 nitrogen and oxygen atoms in total. The van der Waals surface area contributed by atoms with Gasteiger partial charge in [-0.15, -0.1) is 11.3 Å². The van der Waals surface area contributed by atoms with Gasteiger partial charge in [0.2, 0.25) is 0 Å². The molecule has 4 aromatic heterocycles. The number of aromatic nitrogens is 4. The van der Waals surface area contributed by atoms with E-state index in [0.717, 1.165) is 52.2 Å². The van der Waals surface area contributed by atoms with E-state index in [1.165, 1.54) is 5.57 Å². The second-order valence-electron chi connectivity index (χ2n) is 7.73. The zero-order valence-electron chi connectivity index (χ0n) is 17.2. The van der Waals surface area contributed by atoms with Gasteiger partial charge in [-0.1, -0.05) is 6.08 Å². The highest BCUT2D eigenvalue weighted by atomic mass is 32.1. The Bertz CT molecular complexity index is 1280. The van der Waals surface area contributed by atoms with Crippen LogP contribution < -0.4 is 0 Å². The zero-order valence-corrected chi connectivity index (χ0v) is 18.0. The minimum absolute atomic E-state index is 0.0424. The average Bonchev–Trinajstić information content (AvgIpc) is 3.34. The lowest BCUT2D eigenvalue weighted by molar-refractivity contribution is 0.0992. The molecule has 0 spiro atoms. The number of hydrogen-bond acceptors (Lipinski definition) is 7. The molecule has 31 heavy (non-hydrogen) atoms. The van der Waals surface area contributed by atoms with E-state index in [9.17, 15) is 4.79 Å². The molecular weight excluding hydrogens is 406 g/mol. The van der Waals surface area contributed by atoms with Crippen LogP contribution in [0.5, 0.6) is 0 Å². The van der Waals surface area contributed by atoms with Crippen molar-refractivity contribution in [2.45, 2.75) is 12.8 Å². The molecule has 0 N–H and O–H groups in total. The van der Waals surface area contributed by atoms with Crippen molar-refractivity contribution < 1.29 is 4.79 Å².